The van der Waals surface area contributed by atoms with Crippen LogP contribution in [0.25, 0.3) is 0 Å². The first kappa shape index (κ1) is 14.8. The molecule has 3 nitrogen and oxygen atoms in total. The number of likely N-dealkylation sites (tertiary alicyclic amines) is 1. The third-order valence-electron chi connectivity index (χ3n) is 5.05. The summed E-state index contributed by atoms with van der Waals surface area (Å²) in [6.07, 6.45) is 3.08. The van der Waals surface area contributed by atoms with Crippen molar-refractivity contribution in [3.63, 3.8) is 0 Å². The molecule has 1 amide bonds. The minimum absolute atomic E-state index is 0.172. The Morgan fingerprint density at radius 2 is 2.00 bits per heavy atom. The molecule has 2 fully saturated rings. The van der Waals surface area contributed by atoms with Gasteiger partial charge in [-0.2, -0.15) is 0 Å². The molecule has 2 aromatic rings. The van der Waals surface area contributed by atoms with Crippen molar-refractivity contribution in [2.75, 3.05) is 6.54 Å². The van der Waals surface area contributed by atoms with Gasteiger partial charge in [-0.25, -0.2) is 0 Å². The van der Waals surface area contributed by atoms with Gasteiger partial charge >= 0.3 is 0 Å². The summed E-state index contributed by atoms with van der Waals surface area (Å²) in [5, 5.41) is 9.46. The van der Waals surface area contributed by atoms with Crippen LogP contribution in [0.5, 0.6) is 5.75 Å². The number of carbonyl (C=O) groups is 1. The van der Waals surface area contributed by atoms with Crippen LogP contribution >= 0.6 is 11.3 Å². The zero-order valence-electron chi connectivity index (χ0n) is 13.2. The molecule has 1 saturated heterocycles. The van der Waals surface area contributed by atoms with Gasteiger partial charge in [-0.1, -0.05) is 12.1 Å². The predicted molar refractivity (Wildman–Crippen MR) is 91.7 cm³/mol. The number of aromatic hydroxyl groups is 1. The normalized spacial score (nSPS) is 26.5. The molecule has 120 valence electrons. The van der Waals surface area contributed by atoms with E-state index in [1.165, 1.54) is 9.75 Å². The average molecular weight is 327 g/mol. The number of thiophene rings is 1. The van der Waals surface area contributed by atoms with Gasteiger partial charge in [0.1, 0.15) is 5.75 Å². The summed E-state index contributed by atoms with van der Waals surface area (Å²) in [6.45, 7) is 2.98. The minimum Gasteiger partial charge on any atom is -0.508 e. The van der Waals surface area contributed by atoms with Crippen LogP contribution in [0, 0.1) is 12.8 Å². The van der Waals surface area contributed by atoms with E-state index in [1.807, 2.05) is 23.5 Å². The molecule has 2 heterocycles. The van der Waals surface area contributed by atoms with E-state index in [9.17, 15) is 9.90 Å². The van der Waals surface area contributed by atoms with Gasteiger partial charge in [0, 0.05) is 28.1 Å². The van der Waals surface area contributed by atoms with E-state index < -0.39 is 0 Å². The molecule has 1 saturated carbocycles. The standard InChI is InChI=1S/C19H21NO2S/c1-12-4-9-18(23-12)15-11-16(15)19(22)20-10-2-3-17(20)13-5-7-14(21)8-6-13/h4-9,15-17,21H,2-3,10-11H2,1H3. The molecule has 23 heavy (non-hydrogen) atoms. The molecule has 1 N–H and O–H groups in total. The van der Waals surface area contributed by atoms with Gasteiger partial charge in [0.25, 0.3) is 0 Å². The lowest BCUT2D eigenvalue weighted by molar-refractivity contribution is -0.133. The van der Waals surface area contributed by atoms with Crippen molar-refractivity contribution in [3.8, 4) is 5.75 Å². The summed E-state index contributed by atoms with van der Waals surface area (Å²) in [7, 11) is 0. The molecule has 1 aliphatic heterocycles. The SMILES string of the molecule is Cc1ccc(C2CC2C(=O)N2CCCC2c2ccc(O)cc2)s1. The van der Waals surface area contributed by atoms with Crippen LogP contribution in [-0.4, -0.2) is 22.5 Å². The molecular weight excluding hydrogens is 306 g/mol. The number of hydrogen-bond donors (Lipinski definition) is 1. The van der Waals surface area contributed by atoms with E-state index in [0.717, 1.165) is 31.4 Å². The van der Waals surface area contributed by atoms with Crippen molar-refractivity contribution in [3.05, 3.63) is 51.7 Å². The Morgan fingerprint density at radius 3 is 2.70 bits per heavy atom. The molecule has 2 aliphatic rings. The quantitative estimate of drug-likeness (QED) is 0.916. The third kappa shape index (κ3) is 2.76. The van der Waals surface area contributed by atoms with Crippen molar-refractivity contribution >= 4 is 17.2 Å². The molecule has 0 radical (unpaired) electrons. The highest BCUT2D eigenvalue weighted by atomic mass is 32.1. The molecule has 3 atom stereocenters. The monoisotopic (exact) mass is 327 g/mol. The van der Waals surface area contributed by atoms with Gasteiger partial charge in [0.05, 0.1) is 6.04 Å². The zero-order valence-corrected chi connectivity index (χ0v) is 14.1. The summed E-state index contributed by atoms with van der Waals surface area (Å²) in [5.74, 6) is 1.20. The van der Waals surface area contributed by atoms with Crippen molar-refractivity contribution in [1.29, 1.82) is 0 Å². The highest BCUT2D eigenvalue weighted by Gasteiger charge is 2.48. The van der Waals surface area contributed by atoms with Crippen LogP contribution in [0.1, 0.15) is 46.5 Å². The van der Waals surface area contributed by atoms with E-state index in [0.29, 0.717) is 11.8 Å². The Kier molecular flexibility index (Phi) is 3.64. The molecule has 4 rings (SSSR count). The first-order chi connectivity index (χ1) is 11.1. The Morgan fingerprint density at radius 1 is 1.22 bits per heavy atom. The summed E-state index contributed by atoms with van der Waals surface area (Å²) >= 11 is 1.82. The molecule has 4 heteroatoms. The van der Waals surface area contributed by atoms with Gasteiger partial charge in [-0.3, -0.25) is 4.79 Å². The summed E-state index contributed by atoms with van der Waals surface area (Å²) in [6, 6.07) is 11.8. The van der Waals surface area contributed by atoms with Gasteiger partial charge < -0.3 is 10.0 Å². The average Bonchev–Trinajstić information content (AvgIpc) is 2.98. The van der Waals surface area contributed by atoms with Crippen LogP contribution in [0.15, 0.2) is 36.4 Å². The number of nitrogens with zero attached hydrogens (tertiary/aromatic N) is 1. The molecule has 0 spiro atoms. The summed E-state index contributed by atoms with van der Waals surface area (Å²) < 4.78 is 0. The molecule has 0 bridgehead atoms. The second-order valence-corrected chi connectivity index (χ2v) is 8.00. The lowest BCUT2D eigenvalue weighted by atomic mass is 10.0. The maximum atomic E-state index is 12.9. The fourth-order valence-electron chi connectivity index (χ4n) is 3.72. The van der Waals surface area contributed by atoms with E-state index >= 15 is 0 Å². The number of rotatable bonds is 3. The van der Waals surface area contributed by atoms with E-state index in [4.69, 9.17) is 0 Å². The highest BCUT2D eigenvalue weighted by molar-refractivity contribution is 7.12. The molecule has 1 aliphatic carbocycles. The van der Waals surface area contributed by atoms with Crippen LogP contribution in [0.2, 0.25) is 0 Å². The zero-order chi connectivity index (χ0) is 16.0. The maximum absolute atomic E-state index is 12.9. The van der Waals surface area contributed by atoms with Gasteiger partial charge in [-0.05, 0) is 56.0 Å². The number of phenols is 1. The Balaban J connectivity index is 1.49. The summed E-state index contributed by atoms with van der Waals surface area (Å²) in [5.41, 5.74) is 1.14. The number of benzene rings is 1. The van der Waals surface area contributed by atoms with Crippen molar-refractivity contribution in [2.45, 2.75) is 38.1 Å². The van der Waals surface area contributed by atoms with Crippen molar-refractivity contribution in [2.24, 2.45) is 5.92 Å². The predicted octanol–water partition coefficient (Wildman–Crippen LogP) is 4.23. The van der Waals surface area contributed by atoms with Crippen LogP contribution in [0.4, 0.5) is 0 Å². The molecule has 3 unspecified atom stereocenters. The lowest BCUT2D eigenvalue weighted by Crippen LogP contribution is -2.32. The van der Waals surface area contributed by atoms with E-state index in [1.54, 1.807) is 12.1 Å². The highest BCUT2D eigenvalue weighted by Crippen LogP contribution is 2.51. The van der Waals surface area contributed by atoms with Crippen molar-refractivity contribution < 1.29 is 9.90 Å². The number of carbonyl (C=O) groups excluding carboxylic acids is 1. The van der Waals surface area contributed by atoms with Gasteiger partial charge in [0.2, 0.25) is 5.91 Å². The van der Waals surface area contributed by atoms with Crippen LogP contribution < -0.4 is 0 Å². The number of hydrogen-bond acceptors (Lipinski definition) is 3. The van der Waals surface area contributed by atoms with Gasteiger partial charge in [-0.15, -0.1) is 11.3 Å². The Labute approximate surface area is 140 Å². The van der Waals surface area contributed by atoms with Crippen LogP contribution in [0.3, 0.4) is 0 Å². The van der Waals surface area contributed by atoms with Gasteiger partial charge in [0.15, 0.2) is 0 Å². The topological polar surface area (TPSA) is 40.5 Å². The van der Waals surface area contributed by atoms with Crippen LogP contribution in [-0.2, 0) is 4.79 Å². The first-order valence-corrected chi connectivity index (χ1v) is 9.11. The molecule has 1 aromatic heterocycles. The third-order valence-corrected chi connectivity index (χ3v) is 6.18. The second kappa shape index (κ2) is 5.68. The Bertz CT molecular complexity index is 721. The fraction of sp³-hybridized carbons (Fsp3) is 0.421. The molecular formula is C19H21NO2S. The number of phenolic OH excluding ortho intramolecular Hbond substituents is 1. The van der Waals surface area contributed by atoms with E-state index in [2.05, 4.69) is 24.0 Å². The lowest BCUT2D eigenvalue weighted by Gasteiger charge is -2.25. The Hall–Kier alpha value is -1.81. The smallest absolute Gasteiger partial charge is 0.226 e. The minimum atomic E-state index is 0.172. The largest absolute Gasteiger partial charge is 0.508 e. The second-order valence-electron chi connectivity index (χ2n) is 6.68. The number of aryl methyl sites for hydroxylation is 1. The summed E-state index contributed by atoms with van der Waals surface area (Å²) in [4.78, 5) is 17.7. The van der Waals surface area contributed by atoms with Crippen molar-refractivity contribution in [1.82, 2.24) is 4.90 Å². The molecule has 1 aromatic carbocycles. The maximum Gasteiger partial charge on any atom is 0.226 e. The fourth-order valence-corrected chi connectivity index (χ4v) is 4.78. The first-order valence-electron chi connectivity index (χ1n) is 8.29. The number of amides is 1. The van der Waals surface area contributed by atoms with E-state index in [-0.39, 0.29) is 17.7 Å².